The molecule has 1 aromatic rings. The number of rotatable bonds is 6. The van der Waals surface area contributed by atoms with Gasteiger partial charge in [-0.3, -0.25) is 0 Å². The number of hydrogen-bond acceptors (Lipinski definition) is 4. The molecule has 1 heterocycles. The number of aromatic nitrogens is 1. The monoisotopic (exact) mass is 268 g/mol. The first-order chi connectivity index (χ1) is 8.70. The molecule has 3 nitrogen and oxygen atoms in total. The van der Waals surface area contributed by atoms with Gasteiger partial charge in [-0.25, -0.2) is 4.98 Å². The molecule has 1 fully saturated rings. The van der Waals surface area contributed by atoms with Gasteiger partial charge in [0.1, 0.15) is 10.6 Å². The summed E-state index contributed by atoms with van der Waals surface area (Å²) in [7, 11) is 0. The molecule has 2 N–H and O–H groups in total. The van der Waals surface area contributed by atoms with Crippen molar-refractivity contribution in [2.45, 2.75) is 64.0 Å². The van der Waals surface area contributed by atoms with Crippen LogP contribution in [-0.2, 0) is 16.8 Å². The second kappa shape index (κ2) is 6.13. The summed E-state index contributed by atoms with van der Waals surface area (Å²) >= 11 is 1.75. The van der Waals surface area contributed by atoms with E-state index in [-0.39, 0.29) is 11.6 Å². The summed E-state index contributed by atoms with van der Waals surface area (Å²) in [6.07, 6.45) is 6.63. The lowest BCUT2D eigenvalue weighted by molar-refractivity contribution is -0.0392. The average Bonchev–Trinajstić information content (AvgIpc) is 2.99. The molecule has 0 saturated heterocycles. The van der Waals surface area contributed by atoms with Crippen LogP contribution in [0.2, 0.25) is 0 Å². The van der Waals surface area contributed by atoms with E-state index in [4.69, 9.17) is 15.5 Å². The fourth-order valence-electron chi connectivity index (χ4n) is 2.67. The highest BCUT2D eigenvalue weighted by Crippen LogP contribution is 2.43. The number of hydrogen-bond donors (Lipinski definition) is 1. The molecule has 102 valence electrons. The average molecular weight is 268 g/mol. The van der Waals surface area contributed by atoms with Crippen molar-refractivity contribution < 1.29 is 4.74 Å². The van der Waals surface area contributed by atoms with Gasteiger partial charge in [0.2, 0.25) is 0 Å². The molecule has 0 aliphatic heterocycles. The normalized spacial score (nSPS) is 20.2. The third-order valence-corrected chi connectivity index (χ3v) is 4.85. The van der Waals surface area contributed by atoms with E-state index in [1.54, 1.807) is 11.3 Å². The maximum absolute atomic E-state index is 6.04. The summed E-state index contributed by atoms with van der Waals surface area (Å²) in [6, 6.07) is 0.228. The Kier molecular flexibility index (Phi) is 4.76. The summed E-state index contributed by atoms with van der Waals surface area (Å²) < 4.78 is 6.04. The van der Waals surface area contributed by atoms with Crippen molar-refractivity contribution in [3.05, 3.63) is 16.1 Å². The van der Waals surface area contributed by atoms with Crippen molar-refractivity contribution in [1.29, 1.82) is 0 Å². The van der Waals surface area contributed by atoms with Gasteiger partial charge in [0, 0.05) is 24.4 Å². The lowest BCUT2D eigenvalue weighted by atomic mass is 10.0. The van der Waals surface area contributed by atoms with Crippen LogP contribution in [0.25, 0.3) is 0 Å². The molecule has 1 atom stereocenters. The van der Waals surface area contributed by atoms with Crippen LogP contribution in [0.3, 0.4) is 0 Å². The molecule has 1 saturated carbocycles. The lowest BCUT2D eigenvalue weighted by Gasteiger charge is -2.26. The Morgan fingerprint density at radius 1 is 1.44 bits per heavy atom. The van der Waals surface area contributed by atoms with Gasteiger partial charge in [0.05, 0.1) is 5.69 Å². The van der Waals surface area contributed by atoms with Crippen molar-refractivity contribution in [2.24, 2.45) is 5.73 Å². The van der Waals surface area contributed by atoms with Gasteiger partial charge >= 0.3 is 0 Å². The number of nitrogens with zero attached hydrogens (tertiary/aromatic N) is 1. The fourth-order valence-corrected chi connectivity index (χ4v) is 3.71. The Morgan fingerprint density at radius 3 is 2.78 bits per heavy atom. The topological polar surface area (TPSA) is 48.1 Å². The lowest BCUT2D eigenvalue weighted by Crippen LogP contribution is -2.26. The minimum absolute atomic E-state index is 0.0893. The van der Waals surface area contributed by atoms with Crippen molar-refractivity contribution in [1.82, 2.24) is 4.98 Å². The molecule has 0 spiro atoms. The third-order valence-electron chi connectivity index (χ3n) is 3.77. The van der Waals surface area contributed by atoms with Gasteiger partial charge in [-0.05, 0) is 26.2 Å². The molecule has 1 aliphatic rings. The molecule has 0 amide bonds. The zero-order chi connectivity index (χ0) is 13.0. The second-order valence-corrected chi connectivity index (χ2v) is 6.01. The van der Waals surface area contributed by atoms with Crippen LogP contribution in [0, 0.1) is 0 Å². The Balaban J connectivity index is 2.12. The van der Waals surface area contributed by atoms with Crippen molar-refractivity contribution in [3.63, 3.8) is 0 Å². The minimum Gasteiger partial charge on any atom is -0.368 e. The third kappa shape index (κ3) is 2.92. The van der Waals surface area contributed by atoms with Gasteiger partial charge in [0.25, 0.3) is 0 Å². The summed E-state index contributed by atoms with van der Waals surface area (Å²) in [5.74, 6) is 0. The summed E-state index contributed by atoms with van der Waals surface area (Å²) in [4.78, 5) is 4.78. The molecule has 18 heavy (non-hydrogen) atoms. The highest BCUT2D eigenvalue weighted by Gasteiger charge is 2.39. The highest BCUT2D eigenvalue weighted by atomic mass is 32.1. The SMILES string of the molecule is CCOC1(c2nc(CC(N)CC)cs2)CCCC1. The number of thiazole rings is 1. The number of ether oxygens (including phenoxy) is 1. The van der Waals surface area contributed by atoms with Gasteiger partial charge < -0.3 is 10.5 Å². The predicted octanol–water partition coefficient (Wildman–Crippen LogP) is 3.23. The van der Waals surface area contributed by atoms with Crippen LogP contribution < -0.4 is 5.73 Å². The molecule has 4 heteroatoms. The van der Waals surface area contributed by atoms with E-state index in [2.05, 4.69) is 19.2 Å². The molecule has 1 unspecified atom stereocenters. The van der Waals surface area contributed by atoms with Crippen LogP contribution >= 0.6 is 11.3 Å². The first-order valence-electron chi connectivity index (χ1n) is 7.04. The fraction of sp³-hybridized carbons (Fsp3) is 0.786. The van der Waals surface area contributed by atoms with Crippen LogP contribution in [-0.4, -0.2) is 17.6 Å². The van der Waals surface area contributed by atoms with E-state index in [0.717, 1.165) is 38.0 Å². The largest absolute Gasteiger partial charge is 0.368 e. The minimum atomic E-state index is -0.0893. The van der Waals surface area contributed by atoms with Crippen LogP contribution in [0.1, 0.15) is 56.7 Å². The van der Waals surface area contributed by atoms with Crippen LogP contribution in [0.15, 0.2) is 5.38 Å². The maximum Gasteiger partial charge on any atom is 0.125 e. The standard InChI is InChI=1S/C14H24N2OS/c1-3-11(15)9-12-10-18-13(16-12)14(17-4-2)7-5-6-8-14/h10-11H,3-9,15H2,1-2H3. The Labute approximate surface area is 114 Å². The number of nitrogens with two attached hydrogens (primary N) is 1. The van der Waals surface area contributed by atoms with Crippen molar-refractivity contribution in [2.75, 3.05) is 6.61 Å². The van der Waals surface area contributed by atoms with E-state index in [0.29, 0.717) is 0 Å². The predicted molar refractivity (Wildman–Crippen MR) is 75.9 cm³/mol. The summed E-state index contributed by atoms with van der Waals surface area (Å²) in [5, 5.41) is 3.32. The Hall–Kier alpha value is -0.450. The van der Waals surface area contributed by atoms with E-state index >= 15 is 0 Å². The van der Waals surface area contributed by atoms with Crippen molar-refractivity contribution in [3.8, 4) is 0 Å². The zero-order valence-electron chi connectivity index (χ0n) is 11.4. The van der Waals surface area contributed by atoms with E-state index < -0.39 is 0 Å². The molecule has 0 radical (unpaired) electrons. The molecular formula is C14H24N2OS. The Morgan fingerprint density at radius 2 is 2.17 bits per heavy atom. The quantitative estimate of drug-likeness (QED) is 0.861. The smallest absolute Gasteiger partial charge is 0.125 e. The molecule has 0 aromatic carbocycles. The first kappa shape index (κ1) is 14.0. The Bertz CT molecular complexity index is 372. The van der Waals surface area contributed by atoms with Crippen LogP contribution in [0.4, 0.5) is 0 Å². The van der Waals surface area contributed by atoms with Crippen molar-refractivity contribution >= 4 is 11.3 Å². The van der Waals surface area contributed by atoms with E-state index in [1.807, 2.05) is 0 Å². The molecule has 1 aromatic heterocycles. The first-order valence-corrected chi connectivity index (χ1v) is 7.92. The summed E-state index contributed by atoms with van der Waals surface area (Å²) in [5.41, 5.74) is 7.04. The zero-order valence-corrected chi connectivity index (χ0v) is 12.3. The van der Waals surface area contributed by atoms with Crippen LogP contribution in [0.5, 0.6) is 0 Å². The van der Waals surface area contributed by atoms with Gasteiger partial charge in [-0.15, -0.1) is 11.3 Å². The van der Waals surface area contributed by atoms with Gasteiger partial charge in [0.15, 0.2) is 0 Å². The molecule has 2 rings (SSSR count). The maximum atomic E-state index is 6.04. The second-order valence-electron chi connectivity index (χ2n) is 5.15. The molecule has 1 aliphatic carbocycles. The molecular weight excluding hydrogens is 244 g/mol. The van der Waals surface area contributed by atoms with Gasteiger partial charge in [-0.1, -0.05) is 19.8 Å². The summed E-state index contributed by atoms with van der Waals surface area (Å²) in [6.45, 7) is 4.96. The van der Waals surface area contributed by atoms with E-state index in [9.17, 15) is 0 Å². The van der Waals surface area contributed by atoms with Gasteiger partial charge in [-0.2, -0.15) is 0 Å². The highest BCUT2D eigenvalue weighted by molar-refractivity contribution is 7.09. The van der Waals surface area contributed by atoms with E-state index in [1.165, 1.54) is 17.8 Å². The molecule has 0 bridgehead atoms.